The maximum Gasteiger partial charge on any atom is 0.356 e. The molecule has 18 heteroatoms. The Labute approximate surface area is 272 Å². The van der Waals surface area contributed by atoms with Crippen molar-refractivity contribution in [3.63, 3.8) is 0 Å². The summed E-state index contributed by atoms with van der Waals surface area (Å²) in [7, 11) is 1.21. The minimum Gasteiger partial charge on any atom is -0.477 e. The highest BCUT2D eigenvalue weighted by Gasteiger charge is 2.19. The maximum absolute atomic E-state index is 13.2. The number of hydrogen-bond acceptors (Lipinski definition) is 9. The van der Waals surface area contributed by atoms with Crippen LogP contribution in [0.4, 0.5) is 17.6 Å². The van der Waals surface area contributed by atoms with Crippen molar-refractivity contribution in [3.8, 4) is 0 Å². The lowest BCUT2D eigenvalue weighted by Crippen LogP contribution is -2.25. The molecular weight excluding hydrogens is 656 g/mol. The number of benzene rings is 2. The fourth-order valence-electron chi connectivity index (χ4n) is 4.31. The molecule has 4 heterocycles. The van der Waals surface area contributed by atoms with Gasteiger partial charge in [0.2, 0.25) is 0 Å². The van der Waals surface area contributed by atoms with E-state index in [1.807, 2.05) is 0 Å². The van der Waals surface area contributed by atoms with Crippen LogP contribution in [0.3, 0.4) is 0 Å². The van der Waals surface area contributed by atoms with Crippen LogP contribution in [-0.2, 0) is 17.8 Å². The molecule has 3 N–H and O–H groups in total. The summed E-state index contributed by atoms with van der Waals surface area (Å²) in [5, 5.41) is 21.9. The van der Waals surface area contributed by atoms with Crippen LogP contribution in [0.15, 0.2) is 73.1 Å². The van der Waals surface area contributed by atoms with Gasteiger partial charge in [0.25, 0.3) is 11.8 Å². The number of rotatable bonds is 8. The molecule has 2 aromatic carbocycles. The molecule has 0 unspecified atom stereocenters. The van der Waals surface area contributed by atoms with Gasteiger partial charge >= 0.3 is 11.9 Å². The van der Waals surface area contributed by atoms with Gasteiger partial charge in [-0.2, -0.15) is 10.2 Å². The molecule has 0 radical (unpaired) electrons. The summed E-state index contributed by atoms with van der Waals surface area (Å²) in [6.45, 7) is -0.0970. The van der Waals surface area contributed by atoms with Crippen molar-refractivity contribution in [3.05, 3.63) is 130 Å². The predicted molar refractivity (Wildman–Crippen MR) is 159 cm³/mol. The summed E-state index contributed by atoms with van der Waals surface area (Å²) < 4.78 is 59.1. The molecule has 0 fully saturated rings. The van der Waals surface area contributed by atoms with Crippen molar-refractivity contribution in [1.82, 2.24) is 39.8 Å². The number of halogens is 4. The zero-order chi connectivity index (χ0) is 35.2. The molecule has 0 aliphatic heterocycles. The first kappa shape index (κ1) is 33.6. The van der Waals surface area contributed by atoms with Crippen molar-refractivity contribution < 1.29 is 46.6 Å². The summed E-state index contributed by atoms with van der Waals surface area (Å²) in [5.74, 6) is -7.14. The van der Waals surface area contributed by atoms with E-state index < -0.39 is 47.0 Å². The molecule has 49 heavy (non-hydrogen) atoms. The highest BCUT2D eigenvalue weighted by atomic mass is 19.2. The summed E-state index contributed by atoms with van der Waals surface area (Å²) in [5.41, 5.74) is 0.892. The normalized spacial score (nSPS) is 10.7. The summed E-state index contributed by atoms with van der Waals surface area (Å²) in [6, 6.07) is 11.9. The van der Waals surface area contributed by atoms with E-state index in [1.54, 1.807) is 0 Å². The second-order valence-electron chi connectivity index (χ2n) is 9.91. The molecule has 0 bridgehead atoms. The highest BCUT2D eigenvalue weighted by Crippen LogP contribution is 2.13. The number of ether oxygens (including phenoxy) is 1. The minimum atomic E-state index is -1.26. The fourth-order valence-corrected chi connectivity index (χ4v) is 4.31. The van der Waals surface area contributed by atoms with Crippen LogP contribution in [0.5, 0.6) is 0 Å². The molecule has 0 aliphatic rings. The van der Waals surface area contributed by atoms with Gasteiger partial charge in [-0.05, 0) is 35.4 Å². The molecule has 4 aromatic heterocycles. The summed E-state index contributed by atoms with van der Waals surface area (Å²) in [6.07, 6.45) is 2.79. The van der Waals surface area contributed by atoms with E-state index in [4.69, 9.17) is 0 Å². The van der Waals surface area contributed by atoms with Crippen molar-refractivity contribution in [2.45, 2.75) is 13.1 Å². The number of methoxy groups -OCH3 is 1. The lowest BCUT2D eigenvalue weighted by Gasteiger charge is -2.08. The average Bonchev–Trinajstić information content (AvgIpc) is 3.78. The number of aromatic carboxylic acids is 1. The first-order valence-corrected chi connectivity index (χ1v) is 13.9. The Hall–Kier alpha value is -6.72. The van der Waals surface area contributed by atoms with Crippen LogP contribution in [0.2, 0.25) is 0 Å². The number of fused-ring (bicyclic) bond motifs is 2. The second-order valence-corrected chi connectivity index (χ2v) is 9.91. The smallest absolute Gasteiger partial charge is 0.356 e. The van der Waals surface area contributed by atoms with Gasteiger partial charge in [0.1, 0.15) is 11.4 Å². The zero-order valence-corrected chi connectivity index (χ0v) is 25.0. The van der Waals surface area contributed by atoms with Gasteiger partial charge in [0.15, 0.2) is 46.0 Å². The molecule has 0 atom stereocenters. The SMILES string of the molecule is COC(=O)c1cc(C(=O)NCc2ccc(F)c(F)c2)nc2ccnn12.O=C(NCc1ccc(F)c(F)c1)c1cc(C(=O)O)n2nccc2n1. The molecule has 14 nitrogen and oxygen atoms in total. The fraction of sp³-hybridized carbons (Fsp3) is 0.0968. The first-order valence-electron chi connectivity index (χ1n) is 13.9. The standard InChI is InChI=1S/C16H12F2N4O3.C15H10F2N4O3/c1-25-16(24)13-7-12(21-14-4-5-20-22(13)14)15(23)19-8-9-2-3-10(17)11(18)6-9;16-9-2-1-8(5-10(9)17)7-18-14(22)11-6-12(15(23)24)21-13(20-11)3-4-19-21/h2-7H,8H2,1H3,(H,19,23);1-6H,7H2,(H,18,22)(H,23,24). The molecule has 2 amide bonds. The van der Waals surface area contributed by atoms with Crippen LogP contribution in [0.25, 0.3) is 11.3 Å². The van der Waals surface area contributed by atoms with Crippen LogP contribution in [-0.4, -0.2) is 65.2 Å². The monoisotopic (exact) mass is 678 g/mol. The van der Waals surface area contributed by atoms with E-state index in [1.165, 1.54) is 54.4 Å². The molecule has 0 saturated carbocycles. The number of esters is 1. The Bertz CT molecular complexity index is 2240. The van der Waals surface area contributed by atoms with Gasteiger partial charge in [0, 0.05) is 37.4 Å². The van der Waals surface area contributed by atoms with Crippen molar-refractivity contribution in [2.75, 3.05) is 7.11 Å². The van der Waals surface area contributed by atoms with E-state index in [2.05, 4.69) is 35.5 Å². The Balaban J connectivity index is 0.000000191. The lowest BCUT2D eigenvalue weighted by molar-refractivity contribution is 0.0589. The van der Waals surface area contributed by atoms with E-state index in [9.17, 15) is 41.8 Å². The molecule has 0 saturated heterocycles. The lowest BCUT2D eigenvalue weighted by atomic mass is 10.2. The number of carboxylic acid groups (broad SMARTS) is 1. The van der Waals surface area contributed by atoms with Crippen LogP contribution < -0.4 is 10.6 Å². The van der Waals surface area contributed by atoms with Crippen LogP contribution in [0, 0.1) is 23.3 Å². The van der Waals surface area contributed by atoms with Gasteiger partial charge in [-0.3, -0.25) is 9.59 Å². The molecule has 6 rings (SSSR count). The second kappa shape index (κ2) is 14.4. The minimum absolute atomic E-state index is 0.0315. The molecular formula is C31H22F4N8O6. The predicted octanol–water partition coefficient (Wildman–Crippen LogP) is 3.36. The Morgan fingerprint density at radius 3 is 1.55 bits per heavy atom. The number of carbonyl (C=O) groups is 4. The van der Waals surface area contributed by atoms with Crippen LogP contribution >= 0.6 is 0 Å². The van der Waals surface area contributed by atoms with Gasteiger partial charge in [-0.25, -0.2) is 46.1 Å². The topological polar surface area (TPSA) is 182 Å². The van der Waals surface area contributed by atoms with E-state index in [0.717, 1.165) is 34.8 Å². The Morgan fingerprint density at radius 2 is 1.12 bits per heavy atom. The molecule has 250 valence electrons. The number of carbonyl (C=O) groups excluding carboxylic acids is 3. The molecule has 0 aliphatic carbocycles. The third kappa shape index (κ3) is 7.64. The quantitative estimate of drug-likeness (QED) is 0.160. The number of aromatic nitrogens is 6. The number of nitrogens with one attached hydrogen (secondary N) is 2. The van der Waals surface area contributed by atoms with E-state index in [-0.39, 0.29) is 41.5 Å². The average molecular weight is 679 g/mol. The number of amides is 2. The Morgan fingerprint density at radius 1 is 0.673 bits per heavy atom. The first-order chi connectivity index (χ1) is 23.4. The largest absolute Gasteiger partial charge is 0.477 e. The van der Waals surface area contributed by atoms with E-state index >= 15 is 0 Å². The summed E-state index contributed by atoms with van der Waals surface area (Å²) >= 11 is 0. The number of hydrogen-bond donors (Lipinski definition) is 3. The molecule has 6 aromatic rings. The highest BCUT2D eigenvalue weighted by molar-refractivity contribution is 5.97. The number of carboxylic acids is 1. The van der Waals surface area contributed by atoms with Crippen molar-refractivity contribution in [1.29, 1.82) is 0 Å². The third-order valence-corrected chi connectivity index (χ3v) is 6.67. The number of nitrogens with zero attached hydrogens (tertiary/aromatic N) is 6. The van der Waals surface area contributed by atoms with Gasteiger partial charge in [0.05, 0.1) is 19.5 Å². The maximum atomic E-state index is 13.2. The van der Waals surface area contributed by atoms with E-state index in [0.29, 0.717) is 16.8 Å². The van der Waals surface area contributed by atoms with Gasteiger partial charge in [-0.1, -0.05) is 12.1 Å². The third-order valence-electron chi connectivity index (χ3n) is 6.67. The molecule has 0 spiro atoms. The zero-order valence-electron chi connectivity index (χ0n) is 25.0. The van der Waals surface area contributed by atoms with Crippen LogP contribution in [0.1, 0.15) is 53.1 Å². The van der Waals surface area contributed by atoms with Gasteiger partial charge in [-0.15, -0.1) is 0 Å². The van der Waals surface area contributed by atoms with Crippen molar-refractivity contribution >= 4 is 35.0 Å². The van der Waals surface area contributed by atoms with Gasteiger partial charge < -0.3 is 20.5 Å². The summed E-state index contributed by atoms with van der Waals surface area (Å²) in [4.78, 5) is 55.6. The van der Waals surface area contributed by atoms with Crippen molar-refractivity contribution in [2.24, 2.45) is 0 Å². The Kier molecular flexibility index (Phi) is 9.86.